The average Bonchev–Trinajstić information content (AvgIpc) is 2.76. The van der Waals surface area contributed by atoms with Gasteiger partial charge in [0.2, 0.25) is 0 Å². The van der Waals surface area contributed by atoms with E-state index in [1.54, 1.807) is 42.2 Å². The smallest absolute Gasteiger partial charge is 0.291 e. The Kier molecular flexibility index (Phi) is 3.53. The first-order chi connectivity index (χ1) is 8.61. The largest absolute Gasteiger partial charge is 0.495 e. The van der Waals surface area contributed by atoms with Gasteiger partial charge in [0.15, 0.2) is 5.82 Å². The Morgan fingerprint density at radius 1 is 1.50 bits per heavy atom. The number of rotatable bonds is 3. The molecule has 1 heterocycles. The minimum atomic E-state index is -0.288. The second kappa shape index (κ2) is 5.10. The standard InChI is InChI=1S/C12H12ClN3O2/c1-16-6-5-14-11(16)12(17)15-8-3-4-10(18-2)9(13)7-8/h3-7H,1-2H3,(H,15,17). The summed E-state index contributed by atoms with van der Waals surface area (Å²) in [5.41, 5.74) is 0.591. The topological polar surface area (TPSA) is 56.1 Å². The van der Waals surface area contributed by atoms with Crippen molar-refractivity contribution >= 4 is 23.2 Å². The van der Waals surface area contributed by atoms with Crippen molar-refractivity contribution in [1.82, 2.24) is 9.55 Å². The second-order valence-electron chi connectivity index (χ2n) is 3.67. The van der Waals surface area contributed by atoms with Crippen molar-refractivity contribution < 1.29 is 9.53 Å². The van der Waals surface area contributed by atoms with Crippen LogP contribution in [-0.4, -0.2) is 22.6 Å². The fourth-order valence-corrected chi connectivity index (χ4v) is 1.77. The van der Waals surface area contributed by atoms with E-state index in [1.807, 2.05) is 0 Å². The fraction of sp³-hybridized carbons (Fsp3) is 0.167. The van der Waals surface area contributed by atoms with Gasteiger partial charge in [-0.25, -0.2) is 4.98 Å². The molecule has 0 unspecified atom stereocenters. The maximum atomic E-state index is 11.9. The first kappa shape index (κ1) is 12.4. The summed E-state index contributed by atoms with van der Waals surface area (Å²) in [6, 6.07) is 5.03. The molecule has 0 bridgehead atoms. The molecule has 0 fully saturated rings. The number of anilines is 1. The van der Waals surface area contributed by atoms with Crippen molar-refractivity contribution in [3.8, 4) is 5.75 Å². The van der Waals surface area contributed by atoms with E-state index in [4.69, 9.17) is 16.3 Å². The predicted molar refractivity (Wildman–Crippen MR) is 69.2 cm³/mol. The van der Waals surface area contributed by atoms with Gasteiger partial charge < -0.3 is 14.6 Å². The van der Waals surface area contributed by atoms with Gasteiger partial charge in [0, 0.05) is 25.1 Å². The first-order valence-electron chi connectivity index (χ1n) is 5.24. The zero-order valence-electron chi connectivity index (χ0n) is 9.98. The van der Waals surface area contributed by atoms with Gasteiger partial charge in [-0.15, -0.1) is 0 Å². The van der Waals surface area contributed by atoms with Crippen molar-refractivity contribution in [2.24, 2.45) is 7.05 Å². The number of methoxy groups -OCH3 is 1. The summed E-state index contributed by atoms with van der Waals surface area (Å²) < 4.78 is 6.67. The highest BCUT2D eigenvalue weighted by molar-refractivity contribution is 6.32. The lowest BCUT2D eigenvalue weighted by Crippen LogP contribution is -2.16. The maximum Gasteiger partial charge on any atom is 0.291 e. The van der Waals surface area contributed by atoms with Gasteiger partial charge in [-0.05, 0) is 18.2 Å². The first-order valence-corrected chi connectivity index (χ1v) is 5.62. The molecule has 18 heavy (non-hydrogen) atoms. The van der Waals surface area contributed by atoms with E-state index >= 15 is 0 Å². The maximum absolute atomic E-state index is 11.9. The fourth-order valence-electron chi connectivity index (χ4n) is 1.52. The number of nitrogens with one attached hydrogen (secondary N) is 1. The number of carbonyl (C=O) groups excluding carboxylic acids is 1. The molecular formula is C12H12ClN3O2. The second-order valence-corrected chi connectivity index (χ2v) is 4.07. The molecule has 94 valence electrons. The lowest BCUT2D eigenvalue weighted by atomic mass is 10.3. The summed E-state index contributed by atoms with van der Waals surface area (Å²) in [6.07, 6.45) is 3.27. The van der Waals surface area contributed by atoms with Crippen molar-refractivity contribution in [3.05, 3.63) is 41.4 Å². The molecule has 5 nitrogen and oxygen atoms in total. The molecule has 1 N–H and O–H groups in total. The summed E-state index contributed by atoms with van der Waals surface area (Å²) in [4.78, 5) is 15.9. The molecule has 0 atom stereocenters. The summed E-state index contributed by atoms with van der Waals surface area (Å²) in [5.74, 6) is 0.609. The van der Waals surface area contributed by atoms with Gasteiger partial charge in [-0.1, -0.05) is 11.6 Å². The van der Waals surface area contributed by atoms with E-state index in [2.05, 4.69) is 10.3 Å². The number of carbonyl (C=O) groups is 1. The number of amides is 1. The van der Waals surface area contributed by atoms with Crippen LogP contribution in [0.25, 0.3) is 0 Å². The van der Waals surface area contributed by atoms with E-state index in [-0.39, 0.29) is 5.91 Å². The number of halogens is 1. The van der Waals surface area contributed by atoms with E-state index in [0.29, 0.717) is 22.3 Å². The van der Waals surface area contributed by atoms with Crippen LogP contribution in [0.3, 0.4) is 0 Å². The lowest BCUT2D eigenvalue weighted by molar-refractivity contribution is 0.101. The Morgan fingerprint density at radius 2 is 2.28 bits per heavy atom. The Morgan fingerprint density at radius 3 is 2.83 bits per heavy atom. The highest BCUT2D eigenvalue weighted by atomic mass is 35.5. The van der Waals surface area contributed by atoms with Crippen LogP contribution in [-0.2, 0) is 7.05 Å². The molecule has 6 heteroatoms. The Hall–Kier alpha value is -2.01. The molecule has 2 rings (SSSR count). The molecule has 1 aromatic carbocycles. The minimum Gasteiger partial charge on any atom is -0.495 e. The van der Waals surface area contributed by atoms with Gasteiger partial charge in [0.25, 0.3) is 5.91 Å². The molecular weight excluding hydrogens is 254 g/mol. The highest BCUT2D eigenvalue weighted by Crippen LogP contribution is 2.27. The summed E-state index contributed by atoms with van der Waals surface area (Å²) in [7, 11) is 3.29. The van der Waals surface area contributed by atoms with Crippen molar-refractivity contribution in [2.75, 3.05) is 12.4 Å². The lowest BCUT2D eigenvalue weighted by Gasteiger charge is -2.07. The van der Waals surface area contributed by atoms with Crippen LogP contribution in [0.1, 0.15) is 10.6 Å². The predicted octanol–water partition coefficient (Wildman–Crippen LogP) is 2.33. The molecule has 0 aliphatic rings. The molecule has 0 aliphatic heterocycles. The molecule has 0 radical (unpaired) electrons. The third-order valence-electron chi connectivity index (χ3n) is 2.43. The summed E-state index contributed by atoms with van der Waals surface area (Å²) >= 11 is 5.97. The van der Waals surface area contributed by atoms with Crippen molar-refractivity contribution in [2.45, 2.75) is 0 Å². The SMILES string of the molecule is COc1ccc(NC(=O)c2nccn2C)cc1Cl. The van der Waals surface area contributed by atoms with Crippen LogP contribution in [0.2, 0.25) is 5.02 Å². The van der Waals surface area contributed by atoms with Gasteiger partial charge in [0.1, 0.15) is 5.75 Å². The number of aryl methyl sites for hydroxylation is 1. The van der Waals surface area contributed by atoms with Crippen molar-refractivity contribution in [1.29, 1.82) is 0 Å². The zero-order chi connectivity index (χ0) is 13.1. The minimum absolute atomic E-state index is 0.288. The van der Waals surface area contributed by atoms with Gasteiger partial charge >= 0.3 is 0 Å². The number of aromatic nitrogens is 2. The number of imidazole rings is 1. The summed E-state index contributed by atoms with van der Waals surface area (Å²) in [6.45, 7) is 0. The van der Waals surface area contributed by atoms with Crippen LogP contribution >= 0.6 is 11.6 Å². The van der Waals surface area contributed by atoms with E-state index in [1.165, 1.54) is 7.11 Å². The molecule has 0 spiro atoms. The number of hydrogen-bond acceptors (Lipinski definition) is 3. The molecule has 0 saturated heterocycles. The van der Waals surface area contributed by atoms with Gasteiger partial charge in [-0.2, -0.15) is 0 Å². The van der Waals surface area contributed by atoms with Crippen LogP contribution in [0.5, 0.6) is 5.75 Å². The van der Waals surface area contributed by atoms with Crippen molar-refractivity contribution in [3.63, 3.8) is 0 Å². The Bertz CT molecular complexity index is 580. The zero-order valence-corrected chi connectivity index (χ0v) is 10.7. The van der Waals surface area contributed by atoms with Gasteiger partial charge in [0.05, 0.1) is 12.1 Å². The number of nitrogens with zero attached hydrogens (tertiary/aromatic N) is 2. The van der Waals surface area contributed by atoms with E-state index < -0.39 is 0 Å². The Balaban J connectivity index is 2.17. The monoisotopic (exact) mass is 265 g/mol. The molecule has 1 amide bonds. The van der Waals surface area contributed by atoms with Crippen LogP contribution < -0.4 is 10.1 Å². The van der Waals surface area contributed by atoms with Crippen LogP contribution in [0.4, 0.5) is 5.69 Å². The van der Waals surface area contributed by atoms with Crippen LogP contribution in [0, 0.1) is 0 Å². The third-order valence-corrected chi connectivity index (χ3v) is 2.73. The van der Waals surface area contributed by atoms with E-state index in [0.717, 1.165) is 0 Å². The number of hydrogen-bond donors (Lipinski definition) is 1. The number of ether oxygens (including phenoxy) is 1. The molecule has 0 saturated carbocycles. The third kappa shape index (κ3) is 2.46. The van der Waals surface area contributed by atoms with E-state index in [9.17, 15) is 4.79 Å². The normalized spacial score (nSPS) is 10.2. The Labute approximate surface area is 109 Å². The highest BCUT2D eigenvalue weighted by Gasteiger charge is 2.11. The van der Waals surface area contributed by atoms with Crippen LogP contribution in [0.15, 0.2) is 30.6 Å². The molecule has 1 aromatic heterocycles. The quantitative estimate of drug-likeness (QED) is 0.927. The molecule has 0 aliphatic carbocycles. The van der Waals surface area contributed by atoms with Gasteiger partial charge in [-0.3, -0.25) is 4.79 Å². The molecule has 2 aromatic rings. The summed E-state index contributed by atoms with van der Waals surface area (Å²) in [5, 5.41) is 3.15. The number of benzene rings is 1. The average molecular weight is 266 g/mol.